The minimum absolute atomic E-state index is 0.0295. The third-order valence-corrected chi connectivity index (χ3v) is 5.45. The number of rotatable bonds is 3. The molecule has 1 unspecified atom stereocenters. The van der Waals surface area contributed by atoms with Gasteiger partial charge in [0.15, 0.2) is 15.6 Å². The number of carbonyl (C=O) groups excluding carboxylic acids is 1. The zero-order valence-corrected chi connectivity index (χ0v) is 12.3. The maximum absolute atomic E-state index is 12.5. The van der Waals surface area contributed by atoms with Gasteiger partial charge in [0.1, 0.15) is 0 Å². The molecule has 0 bridgehead atoms. The second kappa shape index (κ2) is 5.54. The fourth-order valence-corrected chi connectivity index (χ4v) is 4.13. The summed E-state index contributed by atoms with van der Waals surface area (Å²) in [6.45, 7) is 0.414. The summed E-state index contributed by atoms with van der Waals surface area (Å²) in [6.07, 6.45) is 3.55. The number of ketones is 1. The zero-order chi connectivity index (χ0) is 14.9. The third-order valence-electron chi connectivity index (χ3n) is 3.72. The van der Waals surface area contributed by atoms with Crippen LogP contribution < -0.4 is 5.32 Å². The van der Waals surface area contributed by atoms with Crippen LogP contribution >= 0.6 is 0 Å². The normalized spacial score (nSPS) is 21.2. The van der Waals surface area contributed by atoms with E-state index in [1.54, 1.807) is 18.5 Å². The predicted octanol–water partition coefficient (Wildman–Crippen LogP) is 1.19. The molecule has 6 heteroatoms. The standard InChI is InChI=1S/C15H16N2O3S/c18-15(8-12-10-21(19,20)7-6-17-12)13-3-1-2-11-4-5-16-9-14(11)13/h1-5,9,12,17H,6-8,10H2. The molecule has 0 radical (unpaired) electrons. The Morgan fingerprint density at radius 2 is 2.19 bits per heavy atom. The number of nitrogens with zero attached hydrogens (tertiary/aromatic N) is 1. The summed E-state index contributed by atoms with van der Waals surface area (Å²) >= 11 is 0. The number of hydrogen-bond acceptors (Lipinski definition) is 5. The predicted molar refractivity (Wildman–Crippen MR) is 81.1 cm³/mol. The first-order valence-electron chi connectivity index (χ1n) is 6.85. The molecule has 5 nitrogen and oxygen atoms in total. The fraction of sp³-hybridized carbons (Fsp3) is 0.333. The topological polar surface area (TPSA) is 76.1 Å². The molecule has 1 aliphatic heterocycles. The summed E-state index contributed by atoms with van der Waals surface area (Å²) in [5.41, 5.74) is 0.602. The van der Waals surface area contributed by atoms with E-state index in [0.717, 1.165) is 10.8 Å². The van der Waals surface area contributed by atoms with Crippen LogP contribution in [0.1, 0.15) is 16.8 Å². The lowest BCUT2D eigenvalue weighted by molar-refractivity contribution is 0.0973. The second-order valence-corrected chi connectivity index (χ2v) is 7.52. The van der Waals surface area contributed by atoms with E-state index in [4.69, 9.17) is 0 Å². The quantitative estimate of drug-likeness (QED) is 0.862. The Morgan fingerprint density at radius 3 is 3.00 bits per heavy atom. The highest BCUT2D eigenvalue weighted by atomic mass is 32.2. The lowest BCUT2D eigenvalue weighted by atomic mass is 9.99. The van der Waals surface area contributed by atoms with Crippen molar-refractivity contribution in [1.29, 1.82) is 0 Å². The molecule has 21 heavy (non-hydrogen) atoms. The molecule has 1 saturated heterocycles. The third kappa shape index (κ3) is 3.11. The maximum atomic E-state index is 12.5. The summed E-state index contributed by atoms with van der Waals surface area (Å²) in [4.78, 5) is 16.5. The number of sulfone groups is 1. The average molecular weight is 304 g/mol. The average Bonchev–Trinajstić information content (AvgIpc) is 2.45. The van der Waals surface area contributed by atoms with Crippen molar-refractivity contribution in [2.45, 2.75) is 12.5 Å². The smallest absolute Gasteiger partial charge is 0.165 e. The molecule has 110 valence electrons. The number of pyridine rings is 1. The zero-order valence-electron chi connectivity index (χ0n) is 11.5. The van der Waals surface area contributed by atoms with Crippen molar-refractivity contribution in [3.8, 4) is 0 Å². The maximum Gasteiger partial charge on any atom is 0.165 e. The highest BCUT2D eigenvalue weighted by molar-refractivity contribution is 7.91. The minimum Gasteiger partial charge on any atom is -0.312 e. The molecule has 1 aromatic heterocycles. The van der Waals surface area contributed by atoms with Crippen molar-refractivity contribution >= 4 is 26.4 Å². The second-order valence-electron chi connectivity index (χ2n) is 5.30. The fourth-order valence-electron chi connectivity index (χ4n) is 2.69. The van der Waals surface area contributed by atoms with Crippen LogP contribution in [0, 0.1) is 0 Å². The number of nitrogens with one attached hydrogen (secondary N) is 1. The van der Waals surface area contributed by atoms with Gasteiger partial charge >= 0.3 is 0 Å². The highest BCUT2D eigenvalue weighted by Gasteiger charge is 2.26. The number of aromatic nitrogens is 1. The molecule has 1 fully saturated rings. The highest BCUT2D eigenvalue weighted by Crippen LogP contribution is 2.20. The lowest BCUT2D eigenvalue weighted by Crippen LogP contribution is -2.46. The molecule has 0 aliphatic carbocycles. The molecule has 1 aromatic carbocycles. The van der Waals surface area contributed by atoms with Crippen molar-refractivity contribution < 1.29 is 13.2 Å². The number of benzene rings is 1. The number of fused-ring (bicyclic) bond motifs is 1. The molecule has 0 amide bonds. The van der Waals surface area contributed by atoms with Crippen LogP contribution in [0.5, 0.6) is 0 Å². The van der Waals surface area contributed by atoms with Gasteiger partial charge in [-0.3, -0.25) is 9.78 Å². The molecule has 3 rings (SSSR count). The molecular weight excluding hydrogens is 288 g/mol. The minimum atomic E-state index is -3.03. The Hall–Kier alpha value is -1.79. The van der Waals surface area contributed by atoms with Crippen LogP contribution in [0.15, 0.2) is 36.7 Å². The van der Waals surface area contributed by atoms with Crippen LogP contribution in [-0.4, -0.2) is 43.3 Å². The van der Waals surface area contributed by atoms with Gasteiger partial charge < -0.3 is 5.32 Å². The van der Waals surface area contributed by atoms with Gasteiger partial charge in [-0.05, 0) is 11.5 Å². The van der Waals surface area contributed by atoms with Gasteiger partial charge in [-0.1, -0.05) is 18.2 Å². The van der Waals surface area contributed by atoms with E-state index in [-0.39, 0.29) is 29.8 Å². The van der Waals surface area contributed by atoms with E-state index < -0.39 is 9.84 Å². The summed E-state index contributed by atoms with van der Waals surface area (Å²) in [5.74, 6) is 0.126. The largest absolute Gasteiger partial charge is 0.312 e. The Balaban J connectivity index is 1.84. The van der Waals surface area contributed by atoms with Crippen molar-refractivity contribution in [1.82, 2.24) is 10.3 Å². The van der Waals surface area contributed by atoms with Crippen molar-refractivity contribution in [3.63, 3.8) is 0 Å². The number of Topliss-reactive ketones (excluding diaryl/α,β-unsaturated/α-hetero) is 1. The number of hydrogen-bond donors (Lipinski definition) is 1. The van der Waals surface area contributed by atoms with Gasteiger partial charge in [0, 0.05) is 42.4 Å². The van der Waals surface area contributed by atoms with Crippen LogP contribution in [0.4, 0.5) is 0 Å². The van der Waals surface area contributed by atoms with Gasteiger partial charge in [-0.15, -0.1) is 0 Å². The molecule has 1 atom stereocenters. The first-order chi connectivity index (χ1) is 10.1. The van der Waals surface area contributed by atoms with E-state index in [1.165, 1.54) is 0 Å². The van der Waals surface area contributed by atoms with Crippen LogP contribution in [0.3, 0.4) is 0 Å². The Bertz CT molecular complexity index is 781. The SMILES string of the molecule is O=C(CC1CS(=O)(=O)CCN1)c1cccc2ccncc12. The number of carbonyl (C=O) groups is 1. The molecule has 0 saturated carbocycles. The van der Waals surface area contributed by atoms with Gasteiger partial charge in [0.25, 0.3) is 0 Å². The summed E-state index contributed by atoms with van der Waals surface area (Å²) in [6, 6.07) is 7.08. The molecular formula is C15H16N2O3S. The molecule has 1 N–H and O–H groups in total. The monoisotopic (exact) mass is 304 g/mol. The Kier molecular flexibility index (Phi) is 3.73. The summed E-state index contributed by atoms with van der Waals surface area (Å²) in [7, 11) is -3.03. The van der Waals surface area contributed by atoms with E-state index in [9.17, 15) is 13.2 Å². The van der Waals surface area contributed by atoms with Crippen LogP contribution in [-0.2, 0) is 9.84 Å². The summed E-state index contributed by atoms with van der Waals surface area (Å²) in [5, 5.41) is 4.88. The first kappa shape index (κ1) is 14.2. The van der Waals surface area contributed by atoms with E-state index in [1.807, 2.05) is 18.2 Å². The van der Waals surface area contributed by atoms with E-state index in [2.05, 4.69) is 10.3 Å². The molecule has 2 heterocycles. The van der Waals surface area contributed by atoms with Crippen molar-refractivity contribution in [2.24, 2.45) is 0 Å². The molecule has 0 spiro atoms. The van der Waals surface area contributed by atoms with Gasteiger partial charge in [0.05, 0.1) is 11.5 Å². The van der Waals surface area contributed by atoms with Crippen LogP contribution in [0.25, 0.3) is 10.8 Å². The van der Waals surface area contributed by atoms with E-state index in [0.29, 0.717) is 12.1 Å². The van der Waals surface area contributed by atoms with Crippen molar-refractivity contribution in [2.75, 3.05) is 18.1 Å². The van der Waals surface area contributed by atoms with Gasteiger partial charge in [0.2, 0.25) is 0 Å². The van der Waals surface area contributed by atoms with E-state index >= 15 is 0 Å². The summed E-state index contributed by atoms with van der Waals surface area (Å²) < 4.78 is 23.3. The van der Waals surface area contributed by atoms with Gasteiger partial charge in [-0.2, -0.15) is 0 Å². The molecule has 1 aliphatic rings. The Labute approximate surface area is 123 Å². The first-order valence-corrected chi connectivity index (χ1v) is 8.67. The van der Waals surface area contributed by atoms with Crippen LogP contribution in [0.2, 0.25) is 0 Å². The van der Waals surface area contributed by atoms with Crippen molar-refractivity contribution in [3.05, 3.63) is 42.2 Å². The van der Waals surface area contributed by atoms with Gasteiger partial charge in [-0.25, -0.2) is 8.42 Å². The Morgan fingerprint density at radius 1 is 1.33 bits per heavy atom. The lowest BCUT2D eigenvalue weighted by Gasteiger charge is -2.23. The molecule has 2 aromatic rings.